The van der Waals surface area contributed by atoms with Crippen LogP contribution in [0.15, 0.2) is 29.2 Å². The maximum absolute atomic E-state index is 11.9. The summed E-state index contributed by atoms with van der Waals surface area (Å²) in [7, 11) is -2.88. The van der Waals surface area contributed by atoms with Gasteiger partial charge in [-0.15, -0.1) is 0 Å². The second-order valence-electron chi connectivity index (χ2n) is 3.73. The molecular weight excluding hydrogens is 290 g/mol. The van der Waals surface area contributed by atoms with E-state index in [4.69, 9.17) is 10.2 Å². The number of carboxylic acid groups (broad SMARTS) is 1. The van der Waals surface area contributed by atoms with Crippen LogP contribution < -0.4 is 4.72 Å². The summed E-state index contributed by atoms with van der Waals surface area (Å²) in [6.07, 6.45) is -1.85. The SMILES string of the molecule is COC(=O)c1cccc(S(=O)(=O)NCC(O)C(=O)O)c1. The van der Waals surface area contributed by atoms with Crippen LogP contribution in [0.4, 0.5) is 0 Å². The molecule has 1 rings (SSSR count). The number of esters is 1. The number of carboxylic acids is 1. The molecule has 110 valence electrons. The Morgan fingerprint density at radius 2 is 2.05 bits per heavy atom. The van der Waals surface area contributed by atoms with Crippen LogP contribution in [0.3, 0.4) is 0 Å². The summed E-state index contributed by atoms with van der Waals surface area (Å²) in [5.41, 5.74) is 0.0363. The first-order valence-electron chi connectivity index (χ1n) is 5.37. The van der Waals surface area contributed by atoms with Crippen LogP contribution in [0, 0.1) is 0 Å². The van der Waals surface area contributed by atoms with Crippen molar-refractivity contribution in [3.63, 3.8) is 0 Å². The first-order chi connectivity index (χ1) is 9.27. The minimum absolute atomic E-state index is 0.0363. The highest BCUT2D eigenvalue weighted by atomic mass is 32.2. The Kier molecular flexibility index (Phi) is 5.19. The molecule has 20 heavy (non-hydrogen) atoms. The second kappa shape index (κ2) is 6.46. The minimum Gasteiger partial charge on any atom is -0.479 e. The minimum atomic E-state index is -4.03. The highest BCUT2D eigenvalue weighted by Crippen LogP contribution is 2.12. The Bertz CT molecular complexity index is 611. The van der Waals surface area contributed by atoms with Crippen molar-refractivity contribution in [3.05, 3.63) is 29.8 Å². The van der Waals surface area contributed by atoms with Crippen molar-refractivity contribution >= 4 is 22.0 Å². The molecule has 3 N–H and O–H groups in total. The summed E-state index contributed by atoms with van der Waals surface area (Å²) in [4.78, 5) is 21.4. The van der Waals surface area contributed by atoms with E-state index in [9.17, 15) is 18.0 Å². The number of ether oxygens (including phenoxy) is 1. The molecule has 0 saturated carbocycles. The van der Waals surface area contributed by atoms with Gasteiger partial charge in [0.1, 0.15) is 0 Å². The van der Waals surface area contributed by atoms with Crippen molar-refractivity contribution in [2.45, 2.75) is 11.0 Å². The summed E-state index contributed by atoms with van der Waals surface area (Å²) in [6, 6.07) is 5.02. The van der Waals surface area contributed by atoms with Crippen molar-refractivity contribution in [1.82, 2.24) is 4.72 Å². The van der Waals surface area contributed by atoms with Gasteiger partial charge in [-0.2, -0.15) is 0 Å². The smallest absolute Gasteiger partial charge is 0.337 e. The van der Waals surface area contributed by atoms with Crippen LogP contribution in [0.2, 0.25) is 0 Å². The number of rotatable bonds is 6. The lowest BCUT2D eigenvalue weighted by atomic mass is 10.2. The Morgan fingerprint density at radius 3 is 2.60 bits per heavy atom. The van der Waals surface area contributed by atoms with Gasteiger partial charge in [0, 0.05) is 6.54 Å². The summed E-state index contributed by atoms with van der Waals surface area (Å²) < 4.78 is 30.1. The average molecular weight is 303 g/mol. The van der Waals surface area contributed by atoms with Crippen LogP contribution in [0.1, 0.15) is 10.4 Å². The van der Waals surface area contributed by atoms with Gasteiger partial charge < -0.3 is 14.9 Å². The third kappa shape index (κ3) is 4.02. The summed E-state index contributed by atoms with van der Waals surface area (Å²) >= 11 is 0. The highest BCUT2D eigenvalue weighted by molar-refractivity contribution is 7.89. The number of aliphatic carboxylic acids is 1. The van der Waals surface area contributed by atoms with Gasteiger partial charge in [0.15, 0.2) is 6.10 Å². The van der Waals surface area contributed by atoms with Crippen molar-refractivity contribution in [1.29, 1.82) is 0 Å². The molecule has 1 aromatic carbocycles. The molecule has 0 aliphatic carbocycles. The fourth-order valence-corrected chi connectivity index (χ4v) is 2.35. The quantitative estimate of drug-likeness (QED) is 0.586. The molecule has 1 atom stereocenters. The molecule has 0 aliphatic heterocycles. The van der Waals surface area contributed by atoms with E-state index in [2.05, 4.69) is 4.74 Å². The van der Waals surface area contributed by atoms with Crippen molar-refractivity contribution < 1.29 is 33.0 Å². The number of hydrogen-bond acceptors (Lipinski definition) is 6. The summed E-state index contributed by atoms with van der Waals surface area (Å²) in [5, 5.41) is 17.5. The Labute approximate surface area is 115 Å². The number of carbonyl (C=O) groups is 2. The molecular formula is C11H13NO7S. The number of nitrogens with one attached hydrogen (secondary N) is 1. The third-order valence-corrected chi connectivity index (χ3v) is 3.74. The normalized spacial score (nSPS) is 12.7. The molecule has 0 aliphatic rings. The third-order valence-electron chi connectivity index (χ3n) is 2.32. The summed E-state index contributed by atoms with van der Waals surface area (Å²) in [5.74, 6) is -2.25. The molecule has 1 aromatic rings. The van der Waals surface area contributed by atoms with Crippen molar-refractivity contribution in [3.8, 4) is 0 Å². The van der Waals surface area contributed by atoms with Crippen molar-refractivity contribution in [2.24, 2.45) is 0 Å². The van der Waals surface area contributed by atoms with Gasteiger partial charge in [0.25, 0.3) is 0 Å². The van der Waals surface area contributed by atoms with Gasteiger partial charge >= 0.3 is 11.9 Å². The van der Waals surface area contributed by atoms with Crippen LogP contribution >= 0.6 is 0 Å². The maximum Gasteiger partial charge on any atom is 0.337 e. The van der Waals surface area contributed by atoms with E-state index < -0.39 is 34.6 Å². The van der Waals surface area contributed by atoms with Gasteiger partial charge in [-0.1, -0.05) is 6.07 Å². The number of carbonyl (C=O) groups excluding carboxylic acids is 1. The zero-order chi connectivity index (χ0) is 15.3. The number of methoxy groups -OCH3 is 1. The number of hydrogen-bond donors (Lipinski definition) is 3. The molecule has 0 saturated heterocycles. The largest absolute Gasteiger partial charge is 0.479 e. The van der Waals surface area contributed by atoms with Gasteiger partial charge in [0.2, 0.25) is 10.0 Å². The molecule has 0 aromatic heterocycles. The van der Waals surface area contributed by atoms with E-state index in [0.717, 1.165) is 13.2 Å². The van der Waals surface area contributed by atoms with E-state index in [1.165, 1.54) is 18.2 Å². The predicted molar refractivity (Wildman–Crippen MR) is 66.6 cm³/mol. The fourth-order valence-electron chi connectivity index (χ4n) is 1.27. The maximum atomic E-state index is 11.9. The lowest BCUT2D eigenvalue weighted by Gasteiger charge is -2.09. The van der Waals surface area contributed by atoms with E-state index in [1.807, 2.05) is 4.72 Å². The van der Waals surface area contributed by atoms with E-state index in [-0.39, 0.29) is 10.5 Å². The molecule has 8 nitrogen and oxygen atoms in total. The number of aliphatic hydroxyl groups is 1. The lowest BCUT2D eigenvalue weighted by Crippen LogP contribution is -2.36. The topological polar surface area (TPSA) is 130 Å². The zero-order valence-corrected chi connectivity index (χ0v) is 11.3. The molecule has 0 radical (unpaired) electrons. The average Bonchev–Trinajstić information content (AvgIpc) is 2.43. The van der Waals surface area contributed by atoms with Crippen LogP contribution in [-0.4, -0.2) is 50.3 Å². The lowest BCUT2D eigenvalue weighted by molar-refractivity contribution is -0.146. The molecule has 9 heteroatoms. The van der Waals surface area contributed by atoms with Gasteiger partial charge in [-0.05, 0) is 18.2 Å². The first kappa shape index (κ1) is 16.1. The molecule has 1 unspecified atom stereocenters. The van der Waals surface area contributed by atoms with E-state index >= 15 is 0 Å². The fraction of sp³-hybridized carbons (Fsp3) is 0.273. The first-order valence-corrected chi connectivity index (χ1v) is 6.85. The standard InChI is InChI=1S/C11H13NO7S/c1-19-11(16)7-3-2-4-8(5-7)20(17,18)12-6-9(13)10(14)15/h2-5,9,12-13H,6H2,1H3,(H,14,15). The Hall–Kier alpha value is -1.97. The number of aliphatic hydroxyl groups excluding tert-OH is 1. The molecule has 0 bridgehead atoms. The Morgan fingerprint density at radius 1 is 1.40 bits per heavy atom. The van der Waals surface area contributed by atoms with Crippen LogP contribution in [0.5, 0.6) is 0 Å². The van der Waals surface area contributed by atoms with E-state index in [0.29, 0.717) is 0 Å². The molecule has 0 heterocycles. The van der Waals surface area contributed by atoms with Crippen LogP contribution in [0.25, 0.3) is 0 Å². The monoisotopic (exact) mass is 303 g/mol. The Balaban J connectivity index is 2.93. The van der Waals surface area contributed by atoms with Gasteiger partial charge in [0.05, 0.1) is 17.6 Å². The van der Waals surface area contributed by atoms with Gasteiger partial charge in [-0.3, -0.25) is 0 Å². The molecule has 0 amide bonds. The van der Waals surface area contributed by atoms with Crippen molar-refractivity contribution in [2.75, 3.05) is 13.7 Å². The zero-order valence-electron chi connectivity index (χ0n) is 10.4. The molecule has 0 fully saturated rings. The predicted octanol–water partition coefficient (Wildman–Crippen LogP) is -0.803. The molecule has 0 spiro atoms. The van der Waals surface area contributed by atoms with Crippen LogP contribution in [-0.2, 0) is 19.6 Å². The summed E-state index contributed by atoms with van der Waals surface area (Å²) in [6.45, 7) is -0.680. The van der Waals surface area contributed by atoms with Gasteiger partial charge in [-0.25, -0.2) is 22.7 Å². The van der Waals surface area contributed by atoms with E-state index in [1.54, 1.807) is 0 Å². The number of sulfonamides is 1. The second-order valence-corrected chi connectivity index (χ2v) is 5.49. The number of benzene rings is 1. The highest BCUT2D eigenvalue weighted by Gasteiger charge is 2.20.